The second kappa shape index (κ2) is 13.8. The van der Waals surface area contributed by atoms with Gasteiger partial charge in [-0.2, -0.15) is 0 Å². The monoisotopic (exact) mass is 567 g/mol. The van der Waals surface area contributed by atoms with Gasteiger partial charge in [0.2, 0.25) is 0 Å². The average Bonchev–Trinajstić information content (AvgIpc) is 3.35. The Labute approximate surface area is 213 Å². The molecule has 2 amide bonds. The van der Waals surface area contributed by atoms with Gasteiger partial charge in [0.1, 0.15) is 17.6 Å². The van der Waals surface area contributed by atoms with E-state index in [1.165, 1.54) is 0 Å². The van der Waals surface area contributed by atoms with Crippen LogP contribution >= 0.6 is 24.0 Å². The van der Waals surface area contributed by atoms with E-state index in [1.54, 1.807) is 14.2 Å². The predicted molar refractivity (Wildman–Crippen MR) is 143 cm³/mol. The van der Waals surface area contributed by atoms with Gasteiger partial charge in [0.15, 0.2) is 5.96 Å². The normalized spacial score (nSPS) is 14.2. The summed E-state index contributed by atoms with van der Waals surface area (Å²) in [5.41, 5.74) is 1.84. The fraction of sp³-hybridized carbons (Fsp3) is 0.417. The number of halogens is 1. The van der Waals surface area contributed by atoms with Crippen molar-refractivity contribution in [2.24, 2.45) is 4.99 Å². The highest BCUT2D eigenvalue weighted by atomic mass is 127. The number of nitrogens with one attached hydrogen (secondary N) is 3. The lowest BCUT2D eigenvalue weighted by atomic mass is 10.2. The molecule has 1 aliphatic heterocycles. The van der Waals surface area contributed by atoms with Crippen molar-refractivity contribution in [3.63, 3.8) is 0 Å². The molecule has 3 rings (SSSR count). The zero-order valence-electron chi connectivity index (χ0n) is 19.5. The maximum absolute atomic E-state index is 12.3. The van der Waals surface area contributed by atoms with E-state index in [4.69, 9.17) is 9.47 Å². The molecule has 1 saturated heterocycles. The molecule has 0 saturated carbocycles. The van der Waals surface area contributed by atoms with Crippen LogP contribution in [0.15, 0.2) is 53.5 Å². The lowest BCUT2D eigenvalue weighted by Crippen LogP contribution is -2.41. The number of benzene rings is 2. The fourth-order valence-corrected chi connectivity index (χ4v) is 3.48. The molecule has 1 heterocycles. The molecule has 180 valence electrons. The number of guanidine groups is 1. The molecule has 0 radical (unpaired) electrons. The van der Waals surface area contributed by atoms with Crippen LogP contribution < -0.4 is 25.4 Å². The van der Waals surface area contributed by atoms with Crippen molar-refractivity contribution in [2.45, 2.75) is 32.4 Å². The van der Waals surface area contributed by atoms with Crippen LogP contribution in [-0.2, 0) is 6.54 Å². The molecule has 3 N–H and O–H groups in total. The molecule has 1 unspecified atom stereocenters. The number of amides is 2. The highest BCUT2D eigenvalue weighted by molar-refractivity contribution is 14.0. The van der Waals surface area contributed by atoms with Gasteiger partial charge in [0.05, 0.1) is 13.7 Å². The van der Waals surface area contributed by atoms with Crippen LogP contribution in [0.5, 0.6) is 11.5 Å². The molecule has 0 bridgehead atoms. The van der Waals surface area contributed by atoms with Gasteiger partial charge in [-0.05, 0) is 49.6 Å². The molecule has 1 atom stereocenters. The molecule has 1 aliphatic rings. The number of methoxy groups -OCH3 is 1. The first kappa shape index (κ1) is 26.6. The van der Waals surface area contributed by atoms with Crippen LogP contribution in [0.25, 0.3) is 0 Å². The first-order chi connectivity index (χ1) is 15.6. The van der Waals surface area contributed by atoms with Gasteiger partial charge in [-0.3, -0.25) is 4.99 Å². The van der Waals surface area contributed by atoms with Gasteiger partial charge in [-0.25, -0.2) is 4.79 Å². The summed E-state index contributed by atoms with van der Waals surface area (Å²) < 4.78 is 11.2. The quantitative estimate of drug-likeness (QED) is 0.255. The molecule has 1 fully saturated rings. The van der Waals surface area contributed by atoms with Gasteiger partial charge in [0, 0.05) is 38.4 Å². The van der Waals surface area contributed by atoms with Gasteiger partial charge in [-0.1, -0.05) is 18.2 Å². The summed E-state index contributed by atoms with van der Waals surface area (Å²) in [5, 5.41) is 9.56. The van der Waals surface area contributed by atoms with Gasteiger partial charge >= 0.3 is 6.03 Å². The van der Waals surface area contributed by atoms with Crippen LogP contribution in [0.4, 0.5) is 10.5 Å². The minimum atomic E-state index is -0.0650. The number of hydrogen-bond donors (Lipinski definition) is 3. The van der Waals surface area contributed by atoms with Gasteiger partial charge in [0.25, 0.3) is 0 Å². The molecule has 33 heavy (non-hydrogen) atoms. The lowest BCUT2D eigenvalue weighted by Gasteiger charge is -2.18. The minimum absolute atomic E-state index is 0. The third-order valence-corrected chi connectivity index (χ3v) is 5.19. The summed E-state index contributed by atoms with van der Waals surface area (Å²) in [6.45, 7) is 4.82. The number of aliphatic imine (C=N–C) groups is 1. The van der Waals surface area contributed by atoms with Crippen molar-refractivity contribution in [3.05, 3.63) is 54.1 Å². The Morgan fingerprint density at radius 3 is 2.55 bits per heavy atom. The number of anilines is 1. The summed E-state index contributed by atoms with van der Waals surface area (Å²) in [5.74, 6) is 2.20. The summed E-state index contributed by atoms with van der Waals surface area (Å²) in [4.78, 5) is 18.4. The molecular formula is C24H34IN5O3. The molecule has 2 aromatic rings. The van der Waals surface area contributed by atoms with E-state index in [0.29, 0.717) is 19.0 Å². The number of urea groups is 1. The molecular weight excluding hydrogens is 533 g/mol. The van der Waals surface area contributed by atoms with Gasteiger partial charge < -0.3 is 30.3 Å². The number of likely N-dealkylation sites (tertiary alicyclic amines) is 1. The number of rotatable bonds is 8. The first-order valence-electron chi connectivity index (χ1n) is 11.0. The summed E-state index contributed by atoms with van der Waals surface area (Å²) in [7, 11) is 3.37. The minimum Gasteiger partial charge on any atom is -0.497 e. The number of hydrogen-bond acceptors (Lipinski definition) is 4. The van der Waals surface area contributed by atoms with Crippen LogP contribution in [0.2, 0.25) is 0 Å². The maximum atomic E-state index is 12.3. The topological polar surface area (TPSA) is 87.2 Å². The number of carbonyl (C=O) groups excluding carboxylic acids is 1. The second-order valence-electron chi connectivity index (χ2n) is 7.74. The zero-order chi connectivity index (χ0) is 22.8. The van der Waals surface area contributed by atoms with E-state index in [0.717, 1.165) is 48.7 Å². The van der Waals surface area contributed by atoms with Crippen molar-refractivity contribution in [1.82, 2.24) is 15.5 Å². The zero-order valence-corrected chi connectivity index (χ0v) is 21.8. The largest absolute Gasteiger partial charge is 0.497 e. The van der Waals surface area contributed by atoms with E-state index in [1.807, 2.05) is 60.4 Å². The highest BCUT2D eigenvalue weighted by Gasteiger charge is 2.17. The van der Waals surface area contributed by atoms with Crippen LogP contribution in [0.1, 0.15) is 25.3 Å². The second-order valence-corrected chi connectivity index (χ2v) is 7.74. The summed E-state index contributed by atoms with van der Waals surface area (Å²) >= 11 is 0. The molecule has 0 aliphatic carbocycles. The van der Waals surface area contributed by atoms with Crippen LogP contribution in [0, 0.1) is 0 Å². The predicted octanol–water partition coefficient (Wildman–Crippen LogP) is 4.07. The number of ether oxygens (including phenoxy) is 2. The molecule has 9 heteroatoms. The first-order valence-corrected chi connectivity index (χ1v) is 11.0. The Bertz CT molecular complexity index is 918. The summed E-state index contributed by atoms with van der Waals surface area (Å²) in [6.07, 6.45) is 2.09. The van der Waals surface area contributed by atoms with Crippen LogP contribution in [-0.4, -0.2) is 56.8 Å². The fourth-order valence-electron chi connectivity index (χ4n) is 3.48. The maximum Gasteiger partial charge on any atom is 0.321 e. The SMILES string of the molecule is CN=C(NCc1cccc(NC(=O)N2CCCC2)c1)NCC(C)Oc1cccc(OC)c1.I. The Balaban J connectivity index is 0.00000385. The van der Waals surface area contributed by atoms with Crippen molar-refractivity contribution >= 4 is 41.7 Å². The standard InChI is InChI=1S/C24H33N5O3.HI/c1-18(32-22-11-7-10-21(15-22)31-3)16-26-23(25-2)27-17-19-8-6-9-20(14-19)28-24(30)29-12-4-5-13-29;/h6-11,14-15,18H,4-5,12-13,16-17H2,1-3H3,(H,28,30)(H2,25,26,27);1H. The van der Waals surface area contributed by atoms with Crippen molar-refractivity contribution in [1.29, 1.82) is 0 Å². The number of nitrogens with zero attached hydrogens (tertiary/aromatic N) is 2. The Kier molecular flexibility index (Phi) is 11.1. The van der Waals surface area contributed by atoms with E-state index in [9.17, 15) is 4.79 Å². The smallest absolute Gasteiger partial charge is 0.321 e. The number of carbonyl (C=O) groups is 1. The lowest BCUT2D eigenvalue weighted by molar-refractivity contribution is 0.222. The molecule has 2 aromatic carbocycles. The average molecular weight is 567 g/mol. The third kappa shape index (κ3) is 8.64. The van der Waals surface area contributed by atoms with E-state index >= 15 is 0 Å². The van der Waals surface area contributed by atoms with E-state index in [-0.39, 0.29) is 36.1 Å². The van der Waals surface area contributed by atoms with E-state index < -0.39 is 0 Å². The van der Waals surface area contributed by atoms with Gasteiger partial charge in [-0.15, -0.1) is 24.0 Å². The molecule has 0 spiro atoms. The Morgan fingerprint density at radius 2 is 1.82 bits per heavy atom. The van der Waals surface area contributed by atoms with Crippen LogP contribution in [0.3, 0.4) is 0 Å². The van der Waals surface area contributed by atoms with Crippen molar-refractivity contribution in [3.8, 4) is 11.5 Å². The summed E-state index contributed by atoms with van der Waals surface area (Å²) in [6, 6.07) is 15.4. The Hall–Kier alpha value is -2.69. The Morgan fingerprint density at radius 1 is 1.09 bits per heavy atom. The molecule has 8 nitrogen and oxygen atoms in total. The highest BCUT2D eigenvalue weighted by Crippen LogP contribution is 2.19. The molecule has 0 aromatic heterocycles. The van der Waals surface area contributed by atoms with Crippen molar-refractivity contribution in [2.75, 3.05) is 39.1 Å². The third-order valence-electron chi connectivity index (χ3n) is 5.19. The van der Waals surface area contributed by atoms with Crippen molar-refractivity contribution < 1.29 is 14.3 Å². The van der Waals surface area contributed by atoms with E-state index in [2.05, 4.69) is 20.9 Å².